The summed E-state index contributed by atoms with van der Waals surface area (Å²) >= 11 is 1.67. The van der Waals surface area contributed by atoms with Gasteiger partial charge in [0, 0.05) is 37.1 Å². The summed E-state index contributed by atoms with van der Waals surface area (Å²) in [6.45, 7) is 7.14. The largest absolute Gasteiger partial charge is 0.382 e. The van der Waals surface area contributed by atoms with Crippen LogP contribution in [0.2, 0.25) is 0 Å². The first-order valence-electron chi connectivity index (χ1n) is 10.8. The Morgan fingerprint density at radius 1 is 1.10 bits per heavy atom. The number of amides is 2. The number of benzene rings is 1. The monoisotopic (exact) mass is 428 g/mol. The lowest BCUT2D eigenvalue weighted by Gasteiger charge is -2.28. The summed E-state index contributed by atoms with van der Waals surface area (Å²) in [4.78, 5) is 30.9. The van der Waals surface area contributed by atoms with Crippen molar-refractivity contribution in [3.63, 3.8) is 0 Å². The van der Waals surface area contributed by atoms with Crippen LogP contribution in [0.3, 0.4) is 0 Å². The van der Waals surface area contributed by atoms with E-state index in [4.69, 9.17) is 4.74 Å². The van der Waals surface area contributed by atoms with Crippen LogP contribution in [-0.2, 0) is 27.4 Å². The maximum absolute atomic E-state index is 13.3. The average molecular weight is 429 g/mol. The van der Waals surface area contributed by atoms with Crippen LogP contribution >= 0.6 is 11.3 Å². The van der Waals surface area contributed by atoms with Gasteiger partial charge in [0.05, 0.1) is 13.1 Å². The molecule has 2 amide bonds. The van der Waals surface area contributed by atoms with Gasteiger partial charge < -0.3 is 14.5 Å². The lowest BCUT2D eigenvalue weighted by molar-refractivity contribution is -0.142. The molecular weight excluding hydrogens is 396 g/mol. The minimum absolute atomic E-state index is 0.00272. The fourth-order valence-corrected chi connectivity index (χ4v) is 4.32. The van der Waals surface area contributed by atoms with Crippen LogP contribution in [0.5, 0.6) is 0 Å². The third-order valence-electron chi connectivity index (χ3n) is 5.36. The van der Waals surface area contributed by atoms with Crippen molar-refractivity contribution in [2.75, 3.05) is 26.3 Å². The molecule has 0 N–H and O–H groups in total. The van der Waals surface area contributed by atoms with Crippen LogP contribution in [0.4, 0.5) is 0 Å². The van der Waals surface area contributed by atoms with Crippen LogP contribution in [0.15, 0.2) is 41.8 Å². The van der Waals surface area contributed by atoms with E-state index in [1.54, 1.807) is 16.2 Å². The Kier molecular flexibility index (Phi) is 8.46. The van der Waals surface area contributed by atoms with Gasteiger partial charge >= 0.3 is 0 Å². The molecule has 0 bridgehead atoms. The highest BCUT2D eigenvalue weighted by atomic mass is 32.1. The van der Waals surface area contributed by atoms with Crippen molar-refractivity contribution in [2.24, 2.45) is 5.92 Å². The first-order valence-corrected chi connectivity index (χ1v) is 11.7. The number of aryl methyl sites for hydroxylation is 1. The number of hydrogen-bond donors (Lipinski definition) is 0. The lowest BCUT2D eigenvalue weighted by Crippen LogP contribution is -2.43. The number of thiophene rings is 1. The molecule has 6 heteroatoms. The topological polar surface area (TPSA) is 49.9 Å². The molecule has 3 rings (SSSR count). The van der Waals surface area contributed by atoms with E-state index in [0.717, 1.165) is 24.8 Å². The molecule has 1 aromatic heterocycles. The first-order chi connectivity index (χ1) is 14.6. The summed E-state index contributed by atoms with van der Waals surface area (Å²) in [7, 11) is 0. The van der Waals surface area contributed by atoms with Crippen LogP contribution in [-0.4, -0.2) is 47.9 Å². The fourth-order valence-electron chi connectivity index (χ4n) is 3.40. The number of nitrogens with zero attached hydrogens (tertiary/aromatic N) is 2. The van der Waals surface area contributed by atoms with Crippen LogP contribution in [0.1, 0.15) is 42.2 Å². The predicted octanol–water partition coefficient (Wildman–Crippen LogP) is 4.25. The number of carbonyl (C=O) groups excluding carboxylic acids is 2. The number of carbonyl (C=O) groups is 2. The Morgan fingerprint density at radius 2 is 1.87 bits per heavy atom. The Bertz CT molecular complexity index is 817. The van der Waals surface area contributed by atoms with Gasteiger partial charge in [-0.3, -0.25) is 9.59 Å². The van der Waals surface area contributed by atoms with Gasteiger partial charge in [-0.2, -0.15) is 0 Å². The molecule has 30 heavy (non-hydrogen) atoms. The second-order valence-corrected chi connectivity index (χ2v) is 8.85. The molecule has 1 aliphatic carbocycles. The highest BCUT2D eigenvalue weighted by molar-refractivity contribution is 7.10. The molecule has 2 aromatic rings. The second kappa shape index (κ2) is 11.3. The normalized spacial score (nSPS) is 13.3. The smallest absolute Gasteiger partial charge is 0.242 e. The highest BCUT2D eigenvalue weighted by Gasteiger charge is 2.34. The van der Waals surface area contributed by atoms with Crippen molar-refractivity contribution in [1.29, 1.82) is 0 Å². The molecule has 0 spiro atoms. The fraction of sp³-hybridized carbons (Fsp3) is 0.500. The number of ether oxygens (including phenoxy) is 1. The summed E-state index contributed by atoms with van der Waals surface area (Å²) in [6, 6.07) is 12.1. The molecule has 0 saturated heterocycles. The maximum Gasteiger partial charge on any atom is 0.242 e. The van der Waals surface area contributed by atoms with Crippen molar-refractivity contribution in [3.8, 4) is 0 Å². The molecule has 0 radical (unpaired) electrons. The SMILES string of the molecule is CCOCCCN(CC(=O)N(Cc1ccccc1)Cc1sccc1C)C(=O)C1CC1. The van der Waals surface area contributed by atoms with E-state index in [0.29, 0.717) is 32.8 Å². The molecule has 162 valence electrons. The second-order valence-electron chi connectivity index (χ2n) is 7.85. The summed E-state index contributed by atoms with van der Waals surface area (Å²) in [5, 5.41) is 2.06. The highest BCUT2D eigenvalue weighted by Crippen LogP contribution is 2.31. The Labute approximate surface area is 183 Å². The maximum atomic E-state index is 13.3. The van der Waals surface area contributed by atoms with Crippen LogP contribution < -0.4 is 0 Å². The van der Waals surface area contributed by atoms with Crippen molar-refractivity contribution in [3.05, 3.63) is 57.8 Å². The Hall–Kier alpha value is -2.18. The zero-order valence-electron chi connectivity index (χ0n) is 18.0. The standard InChI is InChI=1S/C24H32N2O3S/c1-3-29-14-7-13-25(24(28)21-10-11-21)18-23(27)26(16-20-8-5-4-6-9-20)17-22-19(2)12-15-30-22/h4-6,8-9,12,15,21H,3,7,10-11,13-14,16-18H2,1-2H3. The summed E-state index contributed by atoms with van der Waals surface area (Å²) in [5.74, 6) is 0.218. The Balaban J connectivity index is 1.70. The molecule has 1 heterocycles. The zero-order valence-corrected chi connectivity index (χ0v) is 18.8. The van der Waals surface area contributed by atoms with Gasteiger partial charge in [0.1, 0.15) is 0 Å². The van der Waals surface area contributed by atoms with Crippen molar-refractivity contribution in [1.82, 2.24) is 9.80 Å². The van der Waals surface area contributed by atoms with Gasteiger partial charge in [0.25, 0.3) is 0 Å². The number of hydrogen-bond acceptors (Lipinski definition) is 4. The summed E-state index contributed by atoms with van der Waals surface area (Å²) in [5.41, 5.74) is 2.30. The molecular formula is C24H32N2O3S. The van der Waals surface area contributed by atoms with Crippen molar-refractivity contribution < 1.29 is 14.3 Å². The molecule has 0 atom stereocenters. The van der Waals surface area contributed by atoms with Gasteiger partial charge in [0.2, 0.25) is 11.8 Å². The molecule has 0 unspecified atom stereocenters. The minimum Gasteiger partial charge on any atom is -0.382 e. The van der Waals surface area contributed by atoms with Gasteiger partial charge in [-0.05, 0) is 55.7 Å². The predicted molar refractivity (Wildman–Crippen MR) is 120 cm³/mol. The third-order valence-corrected chi connectivity index (χ3v) is 6.36. The average Bonchev–Trinajstić information content (AvgIpc) is 3.53. The molecule has 1 saturated carbocycles. The lowest BCUT2D eigenvalue weighted by atomic mass is 10.2. The van der Waals surface area contributed by atoms with E-state index in [9.17, 15) is 9.59 Å². The van der Waals surface area contributed by atoms with Gasteiger partial charge in [-0.15, -0.1) is 11.3 Å². The van der Waals surface area contributed by atoms with Crippen LogP contribution in [0, 0.1) is 12.8 Å². The van der Waals surface area contributed by atoms with Crippen LogP contribution in [0.25, 0.3) is 0 Å². The summed E-state index contributed by atoms with van der Waals surface area (Å²) < 4.78 is 5.42. The van der Waals surface area contributed by atoms with Gasteiger partial charge in [-0.25, -0.2) is 0 Å². The quantitative estimate of drug-likeness (QED) is 0.475. The first kappa shape index (κ1) is 22.5. The summed E-state index contributed by atoms with van der Waals surface area (Å²) in [6.07, 6.45) is 2.64. The Morgan fingerprint density at radius 3 is 2.50 bits per heavy atom. The van der Waals surface area contributed by atoms with Crippen molar-refractivity contribution in [2.45, 2.75) is 46.2 Å². The van der Waals surface area contributed by atoms with E-state index in [2.05, 4.69) is 18.4 Å². The molecule has 1 aliphatic rings. The molecule has 5 nitrogen and oxygen atoms in total. The van der Waals surface area contributed by atoms with E-state index in [1.165, 1.54) is 10.4 Å². The van der Waals surface area contributed by atoms with Gasteiger partial charge in [0.15, 0.2) is 0 Å². The van der Waals surface area contributed by atoms with E-state index < -0.39 is 0 Å². The minimum atomic E-state index is -0.00272. The zero-order chi connectivity index (χ0) is 21.3. The van der Waals surface area contributed by atoms with E-state index in [1.807, 2.05) is 42.2 Å². The number of rotatable bonds is 12. The van der Waals surface area contributed by atoms with Gasteiger partial charge in [-0.1, -0.05) is 30.3 Å². The molecule has 1 fully saturated rings. The molecule has 1 aromatic carbocycles. The van der Waals surface area contributed by atoms with Crippen molar-refractivity contribution >= 4 is 23.2 Å². The molecule has 0 aliphatic heterocycles. The van der Waals surface area contributed by atoms with E-state index in [-0.39, 0.29) is 24.3 Å². The third kappa shape index (κ3) is 6.67. The van der Waals surface area contributed by atoms with E-state index >= 15 is 0 Å².